The van der Waals surface area contributed by atoms with E-state index in [-0.39, 0.29) is 0 Å². The summed E-state index contributed by atoms with van der Waals surface area (Å²) >= 11 is 0. The molecule has 0 radical (unpaired) electrons. The van der Waals surface area contributed by atoms with Gasteiger partial charge in [0.15, 0.2) is 0 Å². The molecule has 0 heterocycles. The molecule has 1 saturated carbocycles. The summed E-state index contributed by atoms with van der Waals surface area (Å²) < 4.78 is 0. The molecule has 0 saturated heterocycles. The SMILES string of the molecule is CCC(C=C1CCC(C(C)C)CC1)CC. The minimum Gasteiger partial charge on any atom is -0.0822 e. The third-order valence-corrected chi connectivity index (χ3v) is 4.14. The molecule has 0 heteroatoms. The first kappa shape index (κ1) is 12.8. The Hall–Kier alpha value is -0.260. The first-order valence-corrected chi connectivity index (χ1v) is 6.86. The van der Waals surface area contributed by atoms with Crippen LogP contribution in [0.5, 0.6) is 0 Å². The molecule has 0 bridgehead atoms. The molecule has 0 unspecified atom stereocenters. The van der Waals surface area contributed by atoms with Gasteiger partial charge in [-0.2, -0.15) is 0 Å². The van der Waals surface area contributed by atoms with Crippen LogP contribution in [0.2, 0.25) is 0 Å². The highest BCUT2D eigenvalue weighted by Gasteiger charge is 2.19. The normalized spacial score (nSPS) is 22.5. The van der Waals surface area contributed by atoms with Crippen molar-refractivity contribution in [1.82, 2.24) is 0 Å². The Morgan fingerprint density at radius 3 is 2.07 bits per heavy atom. The van der Waals surface area contributed by atoms with E-state index in [0.29, 0.717) is 0 Å². The largest absolute Gasteiger partial charge is 0.0822 e. The van der Waals surface area contributed by atoms with Crippen LogP contribution in [-0.4, -0.2) is 0 Å². The molecule has 1 aliphatic rings. The molecule has 1 aliphatic carbocycles. The third-order valence-electron chi connectivity index (χ3n) is 4.14. The van der Waals surface area contributed by atoms with E-state index < -0.39 is 0 Å². The van der Waals surface area contributed by atoms with Gasteiger partial charge in [-0.1, -0.05) is 39.3 Å². The van der Waals surface area contributed by atoms with Gasteiger partial charge < -0.3 is 0 Å². The Balaban J connectivity index is 2.42. The fourth-order valence-corrected chi connectivity index (χ4v) is 2.70. The lowest BCUT2D eigenvalue weighted by Gasteiger charge is -2.27. The quantitative estimate of drug-likeness (QED) is 0.557. The van der Waals surface area contributed by atoms with E-state index in [0.717, 1.165) is 17.8 Å². The maximum absolute atomic E-state index is 2.58. The van der Waals surface area contributed by atoms with Gasteiger partial charge in [0.1, 0.15) is 0 Å². The third kappa shape index (κ3) is 4.01. The summed E-state index contributed by atoms with van der Waals surface area (Å²) in [5.74, 6) is 2.72. The minimum absolute atomic E-state index is 0.843. The number of allylic oxidation sites excluding steroid dienone is 2. The average molecular weight is 208 g/mol. The lowest BCUT2D eigenvalue weighted by atomic mass is 9.78. The fraction of sp³-hybridized carbons (Fsp3) is 0.867. The van der Waals surface area contributed by atoms with Gasteiger partial charge in [-0.25, -0.2) is 0 Å². The molecule has 0 amide bonds. The molecule has 0 aromatic heterocycles. The van der Waals surface area contributed by atoms with Crippen LogP contribution in [0.25, 0.3) is 0 Å². The summed E-state index contributed by atoms with van der Waals surface area (Å²) in [6.45, 7) is 9.37. The predicted molar refractivity (Wildman–Crippen MR) is 69.0 cm³/mol. The zero-order valence-corrected chi connectivity index (χ0v) is 11.1. The smallest absolute Gasteiger partial charge is 0.0236 e. The summed E-state index contributed by atoms with van der Waals surface area (Å²) in [4.78, 5) is 0. The van der Waals surface area contributed by atoms with E-state index in [9.17, 15) is 0 Å². The van der Waals surface area contributed by atoms with Gasteiger partial charge in [0.2, 0.25) is 0 Å². The van der Waals surface area contributed by atoms with Gasteiger partial charge in [0.05, 0.1) is 0 Å². The second-order valence-corrected chi connectivity index (χ2v) is 5.48. The fourth-order valence-electron chi connectivity index (χ4n) is 2.70. The summed E-state index contributed by atoms with van der Waals surface area (Å²) in [5.41, 5.74) is 1.75. The molecule has 1 fully saturated rings. The van der Waals surface area contributed by atoms with Gasteiger partial charge in [0, 0.05) is 0 Å². The molecule has 0 aromatic rings. The van der Waals surface area contributed by atoms with E-state index in [1.807, 2.05) is 0 Å². The van der Waals surface area contributed by atoms with Crippen LogP contribution in [0.15, 0.2) is 11.6 Å². The first-order valence-electron chi connectivity index (χ1n) is 6.86. The van der Waals surface area contributed by atoms with Crippen molar-refractivity contribution in [2.24, 2.45) is 17.8 Å². The van der Waals surface area contributed by atoms with Crippen LogP contribution in [0.1, 0.15) is 66.2 Å². The average Bonchev–Trinajstić information content (AvgIpc) is 2.26. The molecule has 0 spiro atoms. The molecule has 0 atom stereocenters. The Morgan fingerprint density at radius 1 is 1.13 bits per heavy atom. The van der Waals surface area contributed by atoms with Crippen molar-refractivity contribution in [1.29, 1.82) is 0 Å². The predicted octanol–water partition coefficient (Wildman–Crippen LogP) is 5.20. The Morgan fingerprint density at radius 2 is 1.67 bits per heavy atom. The number of hydrogen-bond donors (Lipinski definition) is 0. The highest BCUT2D eigenvalue weighted by Crippen LogP contribution is 2.33. The van der Waals surface area contributed by atoms with Crippen LogP contribution >= 0.6 is 0 Å². The maximum atomic E-state index is 2.58. The van der Waals surface area contributed by atoms with Crippen LogP contribution in [0.4, 0.5) is 0 Å². The first-order chi connectivity index (χ1) is 7.17. The Labute approximate surface area is 96.2 Å². The van der Waals surface area contributed by atoms with Crippen molar-refractivity contribution in [3.8, 4) is 0 Å². The van der Waals surface area contributed by atoms with Gasteiger partial charge in [-0.05, 0) is 56.3 Å². The number of hydrogen-bond acceptors (Lipinski definition) is 0. The minimum atomic E-state index is 0.843. The monoisotopic (exact) mass is 208 g/mol. The van der Waals surface area contributed by atoms with Gasteiger partial charge >= 0.3 is 0 Å². The van der Waals surface area contributed by atoms with Crippen molar-refractivity contribution in [3.63, 3.8) is 0 Å². The zero-order valence-electron chi connectivity index (χ0n) is 11.1. The van der Waals surface area contributed by atoms with E-state index in [1.165, 1.54) is 38.5 Å². The molecular formula is C15H28. The lowest BCUT2D eigenvalue weighted by molar-refractivity contribution is 0.310. The van der Waals surface area contributed by atoms with Crippen LogP contribution in [-0.2, 0) is 0 Å². The summed E-state index contributed by atoms with van der Waals surface area (Å²) in [5, 5.41) is 0. The standard InChI is InChI=1S/C15H28/c1-5-13(6-2)11-14-7-9-15(10-8-14)12(3)4/h11-13,15H,5-10H2,1-4H3. The van der Waals surface area contributed by atoms with Gasteiger partial charge in [-0.15, -0.1) is 0 Å². The molecule has 0 aromatic carbocycles. The highest BCUT2D eigenvalue weighted by molar-refractivity contribution is 5.07. The van der Waals surface area contributed by atoms with Crippen molar-refractivity contribution in [3.05, 3.63) is 11.6 Å². The van der Waals surface area contributed by atoms with Gasteiger partial charge in [-0.3, -0.25) is 0 Å². The summed E-state index contributed by atoms with van der Waals surface area (Å²) in [7, 11) is 0. The van der Waals surface area contributed by atoms with Crippen LogP contribution < -0.4 is 0 Å². The Bertz CT molecular complexity index is 186. The maximum Gasteiger partial charge on any atom is -0.0236 e. The van der Waals surface area contributed by atoms with E-state index in [1.54, 1.807) is 5.57 Å². The van der Waals surface area contributed by atoms with Gasteiger partial charge in [0.25, 0.3) is 0 Å². The number of rotatable bonds is 4. The second kappa shape index (κ2) is 6.35. The summed E-state index contributed by atoms with van der Waals surface area (Å²) in [6.07, 6.45) is 10.8. The molecule has 0 aliphatic heterocycles. The topological polar surface area (TPSA) is 0 Å². The van der Waals surface area contributed by atoms with E-state index in [4.69, 9.17) is 0 Å². The van der Waals surface area contributed by atoms with Crippen molar-refractivity contribution in [2.45, 2.75) is 66.2 Å². The summed E-state index contributed by atoms with van der Waals surface area (Å²) in [6, 6.07) is 0. The second-order valence-electron chi connectivity index (χ2n) is 5.48. The molecule has 1 rings (SSSR count). The molecule has 0 nitrogen and oxygen atoms in total. The molecule has 15 heavy (non-hydrogen) atoms. The van der Waals surface area contributed by atoms with Crippen LogP contribution in [0, 0.1) is 17.8 Å². The zero-order chi connectivity index (χ0) is 11.3. The van der Waals surface area contributed by atoms with Crippen molar-refractivity contribution in [2.75, 3.05) is 0 Å². The Kier molecular flexibility index (Phi) is 5.42. The molecule has 0 N–H and O–H groups in total. The molecular weight excluding hydrogens is 180 g/mol. The van der Waals surface area contributed by atoms with Crippen LogP contribution in [0.3, 0.4) is 0 Å². The van der Waals surface area contributed by atoms with E-state index >= 15 is 0 Å². The highest BCUT2D eigenvalue weighted by atomic mass is 14.2. The van der Waals surface area contributed by atoms with Crippen molar-refractivity contribution >= 4 is 0 Å². The lowest BCUT2D eigenvalue weighted by Crippen LogP contribution is -2.14. The molecule has 88 valence electrons. The van der Waals surface area contributed by atoms with E-state index in [2.05, 4.69) is 33.8 Å². The van der Waals surface area contributed by atoms with Crippen molar-refractivity contribution < 1.29 is 0 Å².